The van der Waals surface area contributed by atoms with Crippen LogP contribution in [0.15, 0.2) is 48.8 Å². The lowest BCUT2D eigenvalue weighted by Gasteiger charge is -2.21. The molecule has 0 spiro atoms. The molecule has 25 heavy (non-hydrogen) atoms. The molecule has 1 aliphatic heterocycles. The highest BCUT2D eigenvalue weighted by atomic mass is 19.1. The normalized spacial score (nSPS) is 13.0. The first-order valence-corrected chi connectivity index (χ1v) is 7.81. The third-order valence-corrected chi connectivity index (χ3v) is 4.19. The maximum absolute atomic E-state index is 13.9. The number of fused-ring (bicyclic) bond motifs is 1. The van der Waals surface area contributed by atoms with E-state index in [1.807, 2.05) is 23.1 Å². The van der Waals surface area contributed by atoms with Gasteiger partial charge in [0, 0.05) is 18.3 Å². The molecule has 3 N–H and O–H groups in total. The van der Waals surface area contributed by atoms with Crippen molar-refractivity contribution in [2.75, 3.05) is 22.5 Å². The van der Waals surface area contributed by atoms with Gasteiger partial charge in [0.25, 0.3) is 0 Å². The molecule has 0 saturated heterocycles. The number of nitrogens with zero attached hydrogens (tertiary/aromatic N) is 3. The molecular weight excluding hydrogens is 324 g/mol. The topological polar surface area (TPSA) is 67.1 Å². The molecule has 0 amide bonds. The Balaban J connectivity index is 1.70. The van der Waals surface area contributed by atoms with E-state index in [-0.39, 0.29) is 11.5 Å². The number of hydrogen-bond donors (Lipinski definition) is 2. The maximum atomic E-state index is 13.9. The minimum Gasteiger partial charge on any atom is -0.393 e. The van der Waals surface area contributed by atoms with Gasteiger partial charge >= 0.3 is 0 Å². The van der Waals surface area contributed by atoms with Gasteiger partial charge < -0.3 is 16.0 Å². The van der Waals surface area contributed by atoms with E-state index in [1.54, 1.807) is 0 Å². The summed E-state index contributed by atoms with van der Waals surface area (Å²) in [6.45, 7) is 0.755. The zero-order valence-electron chi connectivity index (χ0n) is 13.2. The average Bonchev–Trinajstić information content (AvgIpc) is 3.03. The zero-order chi connectivity index (χ0) is 17.4. The molecule has 0 fully saturated rings. The molecule has 2 aromatic carbocycles. The standard InChI is InChI=1S/C18H15F2N5/c19-12-5-6-14(13(20)9-12)24-17-16(21)18(23-10-22-17)25-8-7-11-3-1-2-4-15(11)25/h1-6,9-10H,7-8,21H2,(H,22,23,24). The maximum Gasteiger partial charge on any atom is 0.161 e. The second kappa shape index (κ2) is 6.01. The van der Waals surface area contributed by atoms with E-state index in [1.165, 1.54) is 24.0 Å². The summed E-state index contributed by atoms with van der Waals surface area (Å²) in [6.07, 6.45) is 2.27. The highest BCUT2D eigenvalue weighted by molar-refractivity contribution is 5.83. The lowest BCUT2D eigenvalue weighted by atomic mass is 10.2. The highest BCUT2D eigenvalue weighted by Crippen LogP contribution is 2.38. The number of aromatic nitrogens is 2. The summed E-state index contributed by atoms with van der Waals surface area (Å²) in [5.41, 5.74) is 8.90. The average molecular weight is 339 g/mol. The van der Waals surface area contributed by atoms with Crippen molar-refractivity contribution in [2.24, 2.45) is 0 Å². The van der Waals surface area contributed by atoms with Crippen LogP contribution in [0.2, 0.25) is 0 Å². The summed E-state index contributed by atoms with van der Waals surface area (Å²) >= 11 is 0. The van der Waals surface area contributed by atoms with Crippen molar-refractivity contribution in [3.63, 3.8) is 0 Å². The second-order valence-electron chi connectivity index (χ2n) is 5.74. The van der Waals surface area contributed by atoms with Crippen LogP contribution in [0.3, 0.4) is 0 Å². The number of nitrogens with two attached hydrogens (primary N) is 1. The predicted octanol–water partition coefficient (Wildman–Crippen LogP) is 3.77. The molecule has 1 aliphatic rings. The van der Waals surface area contributed by atoms with Gasteiger partial charge in [-0.15, -0.1) is 0 Å². The van der Waals surface area contributed by atoms with Gasteiger partial charge in [0.05, 0.1) is 5.69 Å². The summed E-state index contributed by atoms with van der Waals surface area (Å²) in [6, 6.07) is 11.3. The van der Waals surface area contributed by atoms with Crippen LogP contribution in [0.1, 0.15) is 5.56 Å². The first-order chi connectivity index (χ1) is 12.1. The Bertz CT molecular complexity index is 944. The van der Waals surface area contributed by atoms with Crippen molar-refractivity contribution < 1.29 is 8.78 Å². The van der Waals surface area contributed by atoms with E-state index < -0.39 is 11.6 Å². The van der Waals surface area contributed by atoms with Gasteiger partial charge in [0.2, 0.25) is 0 Å². The van der Waals surface area contributed by atoms with Crippen LogP contribution in [-0.4, -0.2) is 16.5 Å². The fourth-order valence-electron chi connectivity index (χ4n) is 2.98. The van der Waals surface area contributed by atoms with E-state index >= 15 is 0 Å². The Morgan fingerprint density at radius 2 is 1.92 bits per heavy atom. The van der Waals surface area contributed by atoms with Crippen molar-refractivity contribution in [3.8, 4) is 0 Å². The third-order valence-electron chi connectivity index (χ3n) is 4.19. The quantitative estimate of drug-likeness (QED) is 0.760. The van der Waals surface area contributed by atoms with Crippen LogP contribution in [-0.2, 0) is 6.42 Å². The number of benzene rings is 2. The number of nitrogens with one attached hydrogen (secondary N) is 1. The Labute approximate surface area is 143 Å². The molecule has 5 nitrogen and oxygen atoms in total. The van der Waals surface area contributed by atoms with Gasteiger partial charge in [0.1, 0.15) is 23.6 Å². The van der Waals surface area contributed by atoms with Crippen LogP contribution in [0, 0.1) is 11.6 Å². The summed E-state index contributed by atoms with van der Waals surface area (Å²) < 4.78 is 26.9. The van der Waals surface area contributed by atoms with Crippen molar-refractivity contribution in [1.29, 1.82) is 0 Å². The first kappa shape index (κ1) is 15.3. The van der Waals surface area contributed by atoms with Crippen LogP contribution in [0.25, 0.3) is 0 Å². The van der Waals surface area contributed by atoms with Crippen LogP contribution < -0.4 is 16.0 Å². The van der Waals surface area contributed by atoms with E-state index in [0.717, 1.165) is 24.7 Å². The Morgan fingerprint density at radius 3 is 2.76 bits per heavy atom. The lowest BCUT2D eigenvalue weighted by Crippen LogP contribution is -2.17. The second-order valence-corrected chi connectivity index (χ2v) is 5.74. The zero-order valence-corrected chi connectivity index (χ0v) is 13.2. The minimum atomic E-state index is -0.717. The molecule has 0 unspecified atom stereocenters. The van der Waals surface area contributed by atoms with Crippen LogP contribution in [0.4, 0.5) is 37.5 Å². The summed E-state index contributed by atoms with van der Waals surface area (Å²) in [4.78, 5) is 10.4. The monoisotopic (exact) mass is 339 g/mol. The number of halogens is 2. The van der Waals surface area contributed by atoms with E-state index in [2.05, 4.69) is 21.4 Å². The molecule has 4 rings (SSSR count). The van der Waals surface area contributed by atoms with Crippen molar-refractivity contribution in [1.82, 2.24) is 9.97 Å². The molecule has 0 aliphatic carbocycles. The molecule has 0 atom stereocenters. The van der Waals surface area contributed by atoms with Gasteiger partial charge in [-0.2, -0.15) is 0 Å². The largest absolute Gasteiger partial charge is 0.393 e. The molecular formula is C18H15F2N5. The van der Waals surface area contributed by atoms with E-state index in [4.69, 9.17) is 5.73 Å². The van der Waals surface area contributed by atoms with Gasteiger partial charge in [-0.05, 0) is 30.2 Å². The summed E-state index contributed by atoms with van der Waals surface area (Å²) in [5, 5.41) is 2.81. The highest BCUT2D eigenvalue weighted by Gasteiger charge is 2.24. The predicted molar refractivity (Wildman–Crippen MR) is 93.2 cm³/mol. The Hall–Kier alpha value is -3.22. The van der Waals surface area contributed by atoms with Gasteiger partial charge in [-0.1, -0.05) is 18.2 Å². The molecule has 2 heterocycles. The molecule has 0 bridgehead atoms. The lowest BCUT2D eigenvalue weighted by molar-refractivity contribution is 0.586. The summed E-state index contributed by atoms with van der Waals surface area (Å²) in [5.74, 6) is -0.524. The Kier molecular flexibility index (Phi) is 3.68. The number of rotatable bonds is 3. The number of nitrogen functional groups attached to an aromatic ring is 1. The molecule has 0 radical (unpaired) electrons. The molecule has 7 heteroatoms. The van der Waals surface area contributed by atoms with Crippen molar-refractivity contribution in [2.45, 2.75) is 6.42 Å². The molecule has 0 saturated carbocycles. The van der Waals surface area contributed by atoms with E-state index in [0.29, 0.717) is 11.5 Å². The number of para-hydroxylation sites is 1. The molecule has 1 aromatic heterocycles. The Morgan fingerprint density at radius 1 is 1.08 bits per heavy atom. The smallest absolute Gasteiger partial charge is 0.161 e. The first-order valence-electron chi connectivity index (χ1n) is 7.81. The fourth-order valence-corrected chi connectivity index (χ4v) is 2.98. The summed E-state index contributed by atoms with van der Waals surface area (Å²) in [7, 11) is 0. The molecule has 3 aromatic rings. The van der Waals surface area contributed by atoms with Gasteiger partial charge in [-0.3, -0.25) is 0 Å². The van der Waals surface area contributed by atoms with Gasteiger partial charge in [-0.25, -0.2) is 18.7 Å². The number of anilines is 5. The third kappa shape index (κ3) is 2.73. The number of hydrogen-bond acceptors (Lipinski definition) is 5. The van der Waals surface area contributed by atoms with Crippen molar-refractivity contribution in [3.05, 3.63) is 66.0 Å². The minimum absolute atomic E-state index is 0.0968. The van der Waals surface area contributed by atoms with Gasteiger partial charge in [0.15, 0.2) is 11.6 Å². The van der Waals surface area contributed by atoms with Crippen LogP contribution >= 0.6 is 0 Å². The van der Waals surface area contributed by atoms with Crippen LogP contribution in [0.5, 0.6) is 0 Å². The van der Waals surface area contributed by atoms with Crippen molar-refractivity contribution >= 4 is 28.7 Å². The van der Waals surface area contributed by atoms with E-state index in [9.17, 15) is 8.78 Å². The molecule has 126 valence electrons. The SMILES string of the molecule is Nc1c(Nc2ccc(F)cc2F)ncnc1N1CCc2ccccc21. The fraction of sp³-hybridized carbons (Fsp3) is 0.111.